The Bertz CT molecular complexity index is 1260. The molecule has 0 saturated heterocycles. The molecule has 0 saturated carbocycles. The van der Waals surface area contributed by atoms with Gasteiger partial charge in [0.2, 0.25) is 0 Å². The van der Waals surface area contributed by atoms with E-state index in [9.17, 15) is 4.79 Å². The molecule has 0 fully saturated rings. The molecule has 0 aliphatic heterocycles. The Kier molecular flexibility index (Phi) is 6.84. The molecule has 4 aromatic rings. The fourth-order valence-corrected chi connectivity index (χ4v) is 3.74. The topological polar surface area (TPSA) is 69.3 Å². The molecule has 0 bridgehead atoms. The van der Waals surface area contributed by atoms with Crippen molar-refractivity contribution in [3.63, 3.8) is 0 Å². The summed E-state index contributed by atoms with van der Waals surface area (Å²) in [5, 5.41) is 8.17. The van der Waals surface area contributed by atoms with E-state index in [2.05, 4.69) is 17.3 Å². The third kappa shape index (κ3) is 5.29. The summed E-state index contributed by atoms with van der Waals surface area (Å²) < 4.78 is 13.3. The number of hydrogen-bond acceptors (Lipinski definition) is 4. The predicted octanol–water partition coefficient (Wildman–Crippen LogP) is 6.19. The van der Waals surface area contributed by atoms with Crippen LogP contribution in [0.1, 0.15) is 45.8 Å². The van der Waals surface area contributed by atoms with Crippen molar-refractivity contribution >= 4 is 23.2 Å². The van der Waals surface area contributed by atoms with Gasteiger partial charge in [-0.25, -0.2) is 0 Å². The Morgan fingerprint density at radius 2 is 1.85 bits per heavy atom. The number of anilines is 1. The Morgan fingerprint density at radius 1 is 1.09 bits per heavy atom. The summed E-state index contributed by atoms with van der Waals surface area (Å²) in [4.78, 5) is 12.8. The van der Waals surface area contributed by atoms with Gasteiger partial charge in [0.15, 0.2) is 5.76 Å². The van der Waals surface area contributed by atoms with E-state index >= 15 is 0 Å². The molecular formula is C26H26ClN3O3. The van der Waals surface area contributed by atoms with Crippen molar-refractivity contribution in [3.05, 3.63) is 99.7 Å². The lowest BCUT2D eigenvalue weighted by Crippen LogP contribution is -2.12. The van der Waals surface area contributed by atoms with Crippen LogP contribution in [0.4, 0.5) is 5.69 Å². The van der Waals surface area contributed by atoms with Crippen molar-refractivity contribution in [3.8, 4) is 5.75 Å². The quantitative estimate of drug-likeness (QED) is 0.338. The second kappa shape index (κ2) is 9.96. The van der Waals surface area contributed by atoms with Crippen LogP contribution in [0.15, 0.2) is 65.1 Å². The number of amides is 1. The fourth-order valence-electron chi connectivity index (χ4n) is 3.55. The lowest BCUT2D eigenvalue weighted by atomic mass is 10.2. The van der Waals surface area contributed by atoms with E-state index in [0.29, 0.717) is 23.0 Å². The number of nitrogens with zero attached hydrogens (tertiary/aromatic N) is 2. The zero-order valence-corrected chi connectivity index (χ0v) is 19.6. The molecule has 0 radical (unpaired) electrons. The van der Waals surface area contributed by atoms with Gasteiger partial charge in [0.25, 0.3) is 5.91 Å². The average Bonchev–Trinajstić information content (AvgIpc) is 3.40. The maximum atomic E-state index is 12.8. The number of carbonyl (C=O) groups is 1. The van der Waals surface area contributed by atoms with Crippen LogP contribution in [0.25, 0.3) is 0 Å². The van der Waals surface area contributed by atoms with Gasteiger partial charge in [-0.2, -0.15) is 5.10 Å². The molecule has 6 nitrogen and oxygen atoms in total. The van der Waals surface area contributed by atoms with Crippen LogP contribution in [0.5, 0.6) is 5.75 Å². The van der Waals surface area contributed by atoms with E-state index in [1.54, 1.807) is 12.1 Å². The molecule has 7 heteroatoms. The highest BCUT2D eigenvalue weighted by Crippen LogP contribution is 2.24. The first-order valence-corrected chi connectivity index (χ1v) is 11.2. The van der Waals surface area contributed by atoms with E-state index in [0.717, 1.165) is 29.1 Å². The van der Waals surface area contributed by atoms with Gasteiger partial charge in [-0.1, -0.05) is 48.9 Å². The number of aryl methyl sites for hydroxylation is 2. The Labute approximate surface area is 198 Å². The molecule has 2 aromatic heterocycles. The van der Waals surface area contributed by atoms with Crippen LogP contribution >= 0.6 is 11.6 Å². The van der Waals surface area contributed by atoms with E-state index in [1.807, 2.05) is 67.1 Å². The number of carbonyl (C=O) groups excluding carboxylic acids is 1. The number of aromatic nitrogens is 2. The van der Waals surface area contributed by atoms with Crippen molar-refractivity contribution < 1.29 is 13.9 Å². The number of hydrogen-bond donors (Lipinski definition) is 1. The minimum atomic E-state index is -0.336. The summed E-state index contributed by atoms with van der Waals surface area (Å²) in [5.41, 5.74) is 4.44. The third-order valence-electron chi connectivity index (χ3n) is 5.50. The van der Waals surface area contributed by atoms with Crippen LogP contribution in [-0.2, 0) is 19.6 Å². The molecular weight excluding hydrogens is 438 g/mol. The molecule has 0 atom stereocenters. The standard InChI is InChI=1S/C26H26ClN3O3/c1-4-19-9-11-21(12-10-19)32-16-22-13-14-24(33-22)26(31)28-25-17(2)29-30(18(25)3)15-20-7-5-6-8-23(20)27/h5-14H,4,15-16H2,1-3H3,(H,28,31). The molecule has 4 rings (SSSR count). The van der Waals surface area contributed by atoms with Gasteiger partial charge >= 0.3 is 0 Å². The Hall–Kier alpha value is -3.51. The van der Waals surface area contributed by atoms with Crippen molar-refractivity contribution in [1.29, 1.82) is 0 Å². The van der Waals surface area contributed by atoms with Crippen LogP contribution in [0.3, 0.4) is 0 Å². The zero-order chi connectivity index (χ0) is 23.4. The van der Waals surface area contributed by atoms with Gasteiger partial charge in [0.05, 0.1) is 23.6 Å². The minimum Gasteiger partial charge on any atom is -0.486 e. The van der Waals surface area contributed by atoms with Gasteiger partial charge < -0.3 is 14.5 Å². The van der Waals surface area contributed by atoms with Gasteiger partial charge in [-0.05, 0) is 61.7 Å². The first kappa shape index (κ1) is 22.7. The third-order valence-corrected chi connectivity index (χ3v) is 5.86. The van der Waals surface area contributed by atoms with Crippen molar-refractivity contribution in [2.45, 2.75) is 40.3 Å². The smallest absolute Gasteiger partial charge is 0.291 e. The SMILES string of the molecule is CCc1ccc(OCc2ccc(C(=O)Nc3c(C)nn(Cc4ccccc4Cl)c3C)o2)cc1. The highest BCUT2D eigenvalue weighted by molar-refractivity contribution is 6.31. The lowest BCUT2D eigenvalue weighted by Gasteiger charge is -2.08. The molecule has 0 aliphatic carbocycles. The van der Waals surface area contributed by atoms with Crippen molar-refractivity contribution in [2.24, 2.45) is 0 Å². The summed E-state index contributed by atoms with van der Waals surface area (Å²) >= 11 is 6.28. The summed E-state index contributed by atoms with van der Waals surface area (Å²) in [6.45, 7) is 6.64. The maximum absolute atomic E-state index is 12.8. The Morgan fingerprint density at radius 3 is 2.58 bits per heavy atom. The van der Waals surface area contributed by atoms with Crippen LogP contribution in [0.2, 0.25) is 5.02 Å². The molecule has 33 heavy (non-hydrogen) atoms. The largest absolute Gasteiger partial charge is 0.486 e. The predicted molar refractivity (Wildman–Crippen MR) is 129 cm³/mol. The van der Waals surface area contributed by atoms with E-state index in [1.165, 1.54) is 5.56 Å². The van der Waals surface area contributed by atoms with E-state index in [-0.39, 0.29) is 18.3 Å². The summed E-state index contributed by atoms with van der Waals surface area (Å²) in [7, 11) is 0. The average molecular weight is 464 g/mol. The van der Waals surface area contributed by atoms with Crippen molar-refractivity contribution in [2.75, 3.05) is 5.32 Å². The molecule has 1 N–H and O–H groups in total. The normalized spacial score (nSPS) is 10.9. The highest BCUT2D eigenvalue weighted by Gasteiger charge is 2.18. The van der Waals surface area contributed by atoms with Gasteiger partial charge in [0.1, 0.15) is 18.1 Å². The summed E-state index contributed by atoms with van der Waals surface area (Å²) in [6.07, 6.45) is 0.981. The number of nitrogens with one attached hydrogen (secondary N) is 1. The second-order valence-corrected chi connectivity index (χ2v) is 8.21. The lowest BCUT2D eigenvalue weighted by molar-refractivity contribution is 0.0992. The molecule has 0 aliphatic rings. The van der Waals surface area contributed by atoms with Gasteiger partial charge in [-0.3, -0.25) is 9.48 Å². The summed E-state index contributed by atoms with van der Waals surface area (Å²) in [6, 6.07) is 19.0. The minimum absolute atomic E-state index is 0.215. The second-order valence-electron chi connectivity index (χ2n) is 7.80. The zero-order valence-electron chi connectivity index (χ0n) is 18.9. The van der Waals surface area contributed by atoms with Gasteiger partial charge in [0, 0.05) is 5.02 Å². The van der Waals surface area contributed by atoms with Gasteiger partial charge in [-0.15, -0.1) is 0 Å². The van der Waals surface area contributed by atoms with Crippen LogP contribution in [0, 0.1) is 13.8 Å². The first-order valence-electron chi connectivity index (χ1n) is 10.8. The number of ether oxygens (including phenoxy) is 1. The Balaban J connectivity index is 1.41. The fraction of sp³-hybridized carbons (Fsp3) is 0.231. The number of furan rings is 1. The number of benzene rings is 2. The molecule has 0 spiro atoms. The van der Waals surface area contributed by atoms with Crippen LogP contribution in [-0.4, -0.2) is 15.7 Å². The molecule has 1 amide bonds. The molecule has 170 valence electrons. The number of rotatable bonds is 8. The van der Waals surface area contributed by atoms with E-state index < -0.39 is 0 Å². The first-order chi connectivity index (χ1) is 15.9. The van der Waals surface area contributed by atoms with Crippen molar-refractivity contribution in [1.82, 2.24) is 9.78 Å². The van der Waals surface area contributed by atoms with E-state index in [4.69, 9.17) is 20.8 Å². The highest BCUT2D eigenvalue weighted by atomic mass is 35.5. The molecule has 2 aromatic carbocycles. The number of halogens is 1. The molecule has 2 heterocycles. The molecule has 0 unspecified atom stereocenters. The monoisotopic (exact) mass is 463 g/mol. The van der Waals surface area contributed by atoms with Crippen LogP contribution < -0.4 is 10.1 Å². The summed E-state index contributed by atoms with van der Waals surface area (Å²) in [5.74, 6) is 1.21. The maximum Gasteiger partial charge on any atom is 0.291 e.